The molecular weight excluding hydrogens is 240 g/mol. The first-order valence-corrected chi connectivity index (χ1v) is 7.60. The summed E-state index contributed by atoms with van der Waals surface area (Å²) < 4.78 is 0. The fraction of sp³-hybridized carbons (Fsp3) is 0.812. The molecule has 0 aromatic heterocycles. The number of hydrogen-bond donors (Lipinski definition) is 2. The van der Waals surface area contributed by atoms with Crippen LogP contribution in [0.4, 0.5) is 0 Å². The van der Waals surface area contributed by atoms with E-state index in [1.165, 1.54) is 57.8 Å². The fourth-order valence-electron chi connectivity index (χ4n) is 1.71. The zero-order chi connectivity index (χ0) is 14.8. The van der Waals surface area contributed by atoms with E-state index in [4.69, 9.17) is 15.0 Å². The predicted octanol–water partition coefficient (Wildman–Crippen LogP) is 4.55. The number of carbonyl (C=O) groups is 1. The minimum absolute atomic E-state index is 0.286. The molecule has 0 aliphatic heterocycles. The van der Waals surface area contributed by atoms with Gasteiger partial charge in [0, 0.05) is 13.5 Å². The van der Waals surface area contributed by atoms with Crippen LogP contribution in [0.5, 0.6) is 0 Å². The Hall–Kier alpha value is -0.830. The molecule has 0 aromatic carbocycles. The number of aliphatic hydroxyl groups excluding tert-OH is 1. The van der Waals surface area contributed by atoms with Gasteiger partial charge in [-0.2, -0.15) is 0 Å². The highest BCUT2D eigenvalue weighted by molar-refractivity contribution is 5.62. The van der Waals surface area contributed by atoms with Crippen molar-refractivity contribution in [3.63, 3.8) is 0 Å². The first-order chi connectivity index (χ1) is 9.15. The Kier molecular flexibility index (Phi) is 21.0. The summed E-state index contributed by atoms with van der Waals surface area (Å²) in [7, 11) is 0. The quantitative estimate of drug-likeness (QED) is 0.428. The lowest BCUT2D eigenvalue weighted by atomic mass is 10.1. The van der Waals surface area contributed by atoms with Gasteiger partial charge in [-0.3, -0.25) is 4.79 Å². The molecule has 0 spiro atoms. The number of allylic oxidation sites excluding steroid dienone is 1. The van der Waals surface area contributed by atoms with E-state index in [1.54, 1.807) is 0 Å². The molecule has 114 valence electrons. The maximum Gasteiger partial charge on any atom is 0.300 e. The first-order valence-electron chi connectivity index (χ1n) is 7.60. The summed E-state index contributed by atoms with van der Waals surface area (Å²) in [5.74, 6) is -0.833. The zero-order valence-electron chi connectivity index (χ0n) is 12.7. The van der Waals surface area contributed by atoms with Gasteiger partial charge in [-0.25, -0.2) is 0 Å². The lowest BCUT2D eigenvalue weighted by Gasteiger charge is -1.99. The second-order valence-electron chi connectivity index (χ2n) is 4.77. The van der Waals surface area contributed by atoms with Gasteiger partial charge in [-0.1, -0.05) is 64.0 Å². The van der Waals surface area contributed by atoms with E-state index in [2.05, 4.69) is 19.1 Å². The molecule has 3 nitrogen and oxygen atoms in total. The van der Waals surface area contributed by atoms with Crippen LogP contribution in [0.25, 0.3) is 0 Å². The highest BCUT2D eigenvalue weighted by Crippen LogP contribution is 2.09. The second kappa shape index (κ2) is 19.5. The van der Waals surface area contributed by atoms with Crippen molar-refractivity contribution < 1.29 is 15.0 Å². The highest BCUT2D eigenvalue weighted by atomic mass is 16.4. The Labute approximate surface area is 118 Å². The van der Waals surface area contributed by atoms with E-state index in [0.717, 1.165) is 13.3 Å². The van der Waals surface area contributed by atoms with E-state index in [1.807, 2.05) is 0 Å². The molecule has 0 saturated carbocycles. The van der Waals surface area contributed by atoms with E-state index in [0.29, 0.717) is 0 Å². The van der Waals surface area contributed by atoms with Crippen molar-refractivity contribution in [2.75, 3.05) is 6.61 Å². The summed E-state index contributed by atoms with van der Waals surface area (Å²) in [6.45, 7) is 3.63. The first kappa shape index (κ1) is 20.5. The van der Waals surface area contributed by atoms with Crippen molar-refractivity contribution in [1.82, 2.24) is 0 Å². The lowest BCUT2D eigenvalue weighted by Crippen LogP contribution is -1.80. The van der Waals surface area contributed by atoms with Crippen molar-refractivity contribution in [2.45, 2.75) is 78.1 Å². The Morgan fingerprint density at radius 3 is 1.79 bits per heavy atom. The molecule has 0 aromatic rings. The Balaban J connectivity index is 0. The van der Waals surface area contributed by atoms with Gasteiger partial charge in [0.1, 0.15) is 0 Å². The number of hydrogen-bond acceptors (Lipinski definition) is 2. The van der Waals surface area contributed by atoms with Crippen LogP contribution in [-0.4, -0.2) is 22.8 Å². The van der Waals surface area contributed by atoms with Crippen LogP contribution >= 0.6 is 0 Å². The van der Waals surface area contributed by atoms with Crippen molar-refractivity contribution >= 4 is 5.97 Å². The Morgan fingerprint density at radius 2 is 1.32 bits per heavy atom. The predicted molar refractivity (Wildman–Crippen MR) is 81.4 cm³/mol. The standard InChI is InChI=1S/C14H28O.C2H4O2/c1-2-3-4-5-6-7-8-9-10-11-12-13-14-15;1-2(3)4/h11-12,15H,2-10,13-14H2,1H3;1H3,(H,3,4)/b12-11-;. The molecule has 2 N–H and O–H groups in total. The third-order valence-electron chi connectivity index (χ3n) is 2.69. The van der Waals surface area contributed by atoms with Crippen molar-refractivity contribution in [2.24, 2.45) is 0 Å². The largest absolute Gasteiger partial charge is 0.481 e. The molecule has 0 saturated heterocycles. The minimum Gasteiger partial charge on any atom is -0.481 e. The third kappa shape index (κ3) is 31.7. The van der Waals surface area contributed by atoms with Crippen LogP contribution in [0.15, 0.2) is 12.2 Å². The molecular formula is C16H32O3. The van der Waals surface area contributed by atoms with Gasteiger partial charge in [0.15, 0.2) is 0 Å². The van der Waals surface area contributed by atoms with Gasteiger partial charge < -0.3 is 10.2 Å². The van der Waals surface area contributed by atoms with Crippen LogP contribution in [0, 0.1) is 0 Å². The van der Waals surface area contributed by atoms with E-state index in [-0.39, 0.29) is 6.61 Å². The maximum atomic E-state index is 9.00. The summed E-state index contributed by atoms with van der Waals surface area (Å²) in [6.07, 6.45) is 17.4. The van der Waals surface area contributed by atoms with Gasteiger partial charge in [-0.15, -0.1) is 0 Å². The molecule has 0 rings (SSSR count). The third-order valence-corrected chi connectivity index (χ3v) is 2.69. The van der Waals surface area contributed by atoms with Gasteiger partial charge in [0.2, 0.25) is 0 Å². The zero-order valence-corrected chi connectivity index (χ0v) is 12.7. The molecule has 0 aliphatic rings. The molecule has 0 bridgehead atoms. The number of carboxylic acids is 1. The van der Waals surface area contributed by atoms with Crippen LogP contribution in [0.2, 0.25) is 0 Å². The molecule has 0 unspecified atom stereocenters. The SMILES string of the molecule is CC(=O)O.CCCCCCCCCC/C=C\CCO. The molecule has 0 fully saturated rings. The summed E-state index contributed by atoms with van der Waals surface area (Å²) in [4.78, 5) is 9.00. The van der Waals surface area contributed by atoms with Gasteiger partial charge in [-0.05, 0) is 19.3 Å². The summed E-state index contributed by atoms with van der Waals surface area (Å²) in [5.41, 5.74) is 0. The number of aliphatic hydroxyl groups is 1. The highest BCUT2D eigenvalue weighted by Gasteiger charge is 1.90. The van der Waals surface area contributed by atoms with Crippen molar-refractivity contribution in [1.29, 1.82) is 0 Å². The Morgan fingerprint density at radius 1 is 0.895 bits per heavy atom. The number of aliphatic carboxylic acids is 1. The van der Waals surface area contributed by atoms with E-state index < -0.39 is 5.97 Å². The normalized spacial score (nSPS) is 10.3. The van der Waals surface area contributed by atoms with Gasteiger partial charge in [0.05, 0.1) is 0 Å². The molecule has 19 heavy (non-hydrogen) atoms. The number of unbranched alkanes of at least 4 members (excludes halogenated alkanes) is 8. The summed E-state index contributed by atoms with van der Waals surface area (Å²) in [5, 5.41) is 16.0. The van der Waals surface area contributed by atoms with Crippen LogP contribution in [0.3, 0.4) is 0 Å². The smallest absolute Gasteiger partial charge is 0.300 e. The molecule has 0 radical (unpaired) electrons. The van der Waals surface area contributed by atoms with Crippen LogP contribution < -0.4 is 0 Å². The van der Waals surface area contributed by atoms with Crippen LogP contribution in [-0.2, 0) is 4.79 Å². The summed E-state index contributed by atoms with van der Waals surface area (Å²) >= 11 is 0. The fourth-order valence-corrected chi connectivity index (χ4v) is 1.71. The van der Waals surface area contributed by atoms with Crippen LogP contribution in [0.1, 0.15) is 78.1 Å². The monoisotopic (exact) mass is 272 g/mol. The topological polar surface area (TPSA) is 57.5 Å². The molecule has 0 heterocycles. The van der Waals surface area contributed by atoms with E-state index >= 15 is 0 Å². The minimum atomic E-state index is -0.833. The van der Waals surface area contributed by atoms with Gasteiger partial charge in [0.25, 0.3) is 5.97 Å². The number of rotatable bonds is 11. The van der Waals surface area contributed by atoms with Crippen molar-refractivity contribution in [3.05, 3.63) is 12.2 Å². The van der Waals surface area contributed by atoms with Crippen molar-refractivity contribution in [3.8, 4) is 0 Å². The molecule has 3 heteroatoms. The second-order valence-corrected chi connectivity index (χ2v) is 4.77. The van der Waals surface area contributed by atoms with Gasteiger partial charge >= 0.3 is 0 Å². The Bertz CT molecular complexity index is 196. The molecule has 0 amide bonds. The average molecular weight is 272 g/mol. The number of carboxylic acid groups (broad SMARTS) is 1. The molecule has 0 atom stereocenters. The lowest BCUT2D eigenvalue weighted by molar-refractivity contribution is -0.134. The maximum absolute atomic E-state index is 9.00. The average Bonchev–Trinajstić information content (AvgIpc) is 2.35. The summed E-state index contributed by atoms with van der Waals surface area (Å²) in [6, 6.07) is 0. The van der Waals surface area contributed by atoms with E-state index in [9.17, 15) is 0 Å². The molecule has 0 aliphatic carbocycles.